The number of hydrogen-bond donors (Lipinski definition) is 2. The number of carboxylic acids is 1. The first-order valence-electron chi connectivity index (χ1n) is 9.95. The van der Waals surface area contributed by atoms with E-state index in [1.54, 1.807) is 9.47 Å². The molecule has 2 aliphatic rings. The van der Waals surface area contributed by atoms with Gasteiger partial charge in [0.2, 0.25) is 5.43 Å². The van der Waals surface area contributed by atoms with Crippen molar-refractivity contribution in [2.75, 3.05) is 24.5 Å². The third-order valence-electron chi connectivity index (χ3n) is 5.95. The first-order valence-corrected chi connectivity index (χ1v) is 9.95. The third kappa shape index (κ3) is 3.36. The Kier molecular flexibility index (Phi) is 4.88. The van der Waals surface area contributed by atoms with Gasteiger partial charge in [0.1, 0.15) is 17.0 Å². The second kappa shape index (κ2) is 7.16. The first-order chi connectivity index (χ1) is 14.1. The number of fused-ring (bicyclic) bond motifs is 1. The van der Waals surface area contributed by atoms with Crippen molar-refractivity contribution in [2.45, 2.75) is 39.2 Å². The molecule has 1 saturated heterocycles. The van der Waals surface area contributed by atoms with Crippen LogP contribution >= 0.6 is 0 Å². The predicted octanol–water partition coefficient (Wildman–Crippen LogP) is 2.99. The molecule has 0 amide bonds. The summed E-state index contributed by atoms with van der Waals surface area (Å²) in [6, 6.07) is 1.12. The number of hydrogen-bond acceptors (Lipinski definition) is 5. The largest absolute Gasteiger partial charge is 0.477 e. The molecule has 1 aliphatic carbocycles. The number of anilines is 1. The predicted molar refractivity (Wildman–Crippen MR) is 109 cm³/mol. The van der Waals surface area contributed by atoms with E-state index in [0.29, 0.717) is 25.1 Å². The summed E-state index contributed by atoms with van der Waals surface area (Å²) in [5, 5.41) is 9.30. The lowest BCUT2D eigenvalue weighted by Crippen LogP contribution is -2.43. The Bertz CT molecular complexity index is 1140. The molecular formula is C21H24F2N4O3. The van der Waals surface area contributed by atoms with Crippen LogP contribution in [0.15, 0.2) is 28.5 Å². The second-order valence-electron chi connectivity index (χ2n) is 8.62. The molecule has 3 heterocycles. The van der Waals surface area contributed by atoms with Gasteiger partial charge in [0.25, 0.3) is 0 Å². The van der Waals surface area contributed by atoms with Crippen LogP contribution in [0.1, 0.15) is 49.5 Å². The van der Waals surface area contributed by atoms with Gasteiger partial charge >= 0.3 is 5.97 Å². The van der Waals surface area contributed by atoms with Crippen LogP contribution in [-0.2, 0) is 0 Å². The van der Waals surface area contributed by atoms with Gasteiger partial charge < -0.3 is 20.3 Å². The zero-order valence-electron chi connectivity index (χ0n) is 16.9. The van der Waals surface area contributed by atoms with Crippen molar-refractivity contribution in [3.63, 3.8) is 0 Å². The minimum absolute atomic E-state index is 0.0444. The molecule has 160 valence electrons. The van der Waals surface area contributed by atoms with Crippen molar-refractivity contribution < 1.29 is 18.7 Å². The number of nitrogens with zero attached hydrogens (tertiary/aromatic N) is 3. The number of rotatable bonds is 4. The van der Waals surface area contributed by atoms with E-state index in [9.17, 15) is 19.1 Å². The number of aromatic nitrogens is 2. The minimum Gasteiger partial charge on any atom is -0.477 e. The fourth-order valence-electron chi connectivity index (χ4n) is 4.29. The van der Waals surface area contributed by atoms with E-state index in [1.165, 1.54) is 6.20 Å². The highest BCUT2D eigenvalue weighted by molar-refractivity contribution is 5.92. The van der Waals surface area contributed by atoms with Crippen molar-refractivity contribution in [3.05, 3.63) is 45.3 Å². The summed E-state index contributed by atoms with van der Waals surface area (Å²) in [6.07, 6.45) is 3.38. The van der Waals surface area contributed by atoms with Gasteiger partial charge in [-0.2, -0.15) is 0 Å². The van der Waals surface area contributed by atoms with E-state index in [2.05, 4.69) is 4.98 Å². The number of nitrogens with two attached hydrogens (primary N) is 1. The first kappa shape index (κ1) is 20.5. The molecule has 1 saturated carbocycles. The van der Waals surface area contributed by atoms with Crippen LogP contribution in [0.2, 0.25) is 0 Å². The highest BCUT2D eigenvalue weighted by Crippen LogP contribution is 2.40. The van der Waals surface area contributed by atoms with Gasteiger partial charge in [-0.25, -0.2) is 18.6 Å². The standard InChI is InChI=1S/C21H24F2N4O3/c1-21(2)10-26(6-5-14(21)16(23)8-24)19-15(22)7-12-17(28)13(20(29)30)9-27(11-3-4-11)18(12)25-19/h7,9,11H,3-6,8,10,24H2,1-2H3,(H,29,30)/b16-14+. The Morgan fingerprint density at radius 3 is 2.67 bits per heavy atom. The van der Waals surface area contributed by atoms with Crippen molar-refractivity contribution in [1.29, 1.82) is 0 Å². The van der Waals surface area contributed by atoms with Gasteiger partial charge in [-0.3, -0.25) is 4.79 Å². The van der Waals surface area contributed by atoms with Crippen LogP contribution in [0.5, 0.6) is 0 Å². The number of carbonyl (C=O) groups is 1. The molecule has 2 aromatic heterocycles. The highest BCUT2D eigenvalue weighted by Gasteiger charge is 2.35. The van der Waals surface area contributed by atoms with E-state index >= 15 is 4.39 Å². The van der Waals surface area contributed by atoms with Gasteiger partial charge in [-0.15, -0.1) is 0 Å². The number of halogens is 2. The van der Waals surface area contributed by atoms with Crippen LogP contribution in [-0.4, -0.2) is 40.3 Å². The molecular weight excluding hydrogens is 394 g/mol. The van der Waals surface area contributed by atoms with Crippen LogP contribution < -0.4 is 16.1 Å². The van der Waals surface area contributed by atoms with Crippen LogP contribution in [0.4, 0.5) is 14.6 Å². The van der Waals surface area contributed by atoms with Gasteiger partial charge in [0, 0.05) is 37.3 Å². The Labute approximate surface area is 171 Å². The second-order valence-corrected chi connectivity index (χ2v) is 8.62. The molecule has 0 spiro atoms. The molecule has 0 aromatic carbocycles. The van der Waals surface area contributed by atoms with Crippen molar-refractivity contribution in [3.8, 4) is 0 Å². The van der Waals surface area contributed by atoms with E-state index in [4.69, 9.17) is 5.73 Å². The SMILES string of the molecule is CC1(C)CN(c2nc3c(cc2F)c(=O)c(C(=O)O)cn3C2CC2)CC/C1=C(\F)CN. The van der Waals surface area contributed by atoms with Gasteiger partial charge in [0.05, 0.1) is 5.39 Å². The number of pyridine rings is 2. The lowest BCUT2D eigenvalue weighted by atomic mass is 9.78. The zero-order chi connectivity index (χ0) is 21.8. The van der Waals surface area contributed by atoms with Crippen molar-refractivity contribution >= 4 is 22.8 Å². The maximum Gasteiger partial charge on any atom is 0.341 e. The third-order valence-corrected chi connectivity index (χ3v) is 5.95. The molecule has 7 nitrogen and oxygen atoms in total. The summed E-state index contributed by atoms with van der Waals surface area (Å²) >= 11 is 0. The highest BCUT2D eigenvalue weighted by atomic mass is 19.1. The molecule has 0 unspecified atom stereocenters. The molecule has 0 atom stereocenters. The fraction of sp³-hybridized carbons (Fsp3) is 0.476. The minimum atomic E-state index is -1.35. The fourth-order valence-corrected chi connectivity index (χ4v) is 4.29. The molecule has 2 aromatic rings. The summed E-state index contributed by atoms with van der Waals surface area (Å²) in [5.41, 5.74) is 4.66. The van der Waals surface area contributed by atoms with Crippen molar-refractivity contribution in [1.82, 2.24) is 9.55 Å². The Morgan fingerprint density at radius 1 is 1.40 bits per heavy atom. The Balaban J connectivity index is 1.83. The maximum absolute atomic E-state index is 15.0. The van der Waals surface area contributed by atoms with Crippen LogP contribution in [0.3, 0.4) is 0 Å². The summed E-state index contributed by atoms with van der Waals surface area (Å²) in [4.78, 5) is 30.3. The number of aromatic carboxylic acids is 1. The molecule has 0 radical (unpaired) electrons. The summed E-state index contributed by atoms with van der Waals surface area (Å²) in [5.74, 6) is -2.30. The summed E-state index contributed by atoms with van der Waals surface area (Å²) in [7, 11) is 0. The summed E-state index contributed by atoms with van der Waals surface area (Å²) < 4.78 is 30.9. The van der Waals surface area contributed by atoms with Gasteiger partial charge in [-0.05, 0) is 30.9 Å². The lowest BCUT2D eigenvalue weighted by molar-refractivity contribution is 0.0695. The monoisotopic (exact) mass is 418 g/mol. The van der Waals surface area contributed by atoms with Gasteiger partial charge in [0.15, 0.2) is 11.6 Å². The van der Waals surface area contributed by atoms with Crippen LogP contribution in [0, 0.1) is 11.2 Å². The quantitative estimate of drug-likeness (QED) is 0.792. The Morgan fingerprint density at radius 2 is 2.10 bits per heavy atom. The van der Waals surface area contributed by atoms with Crippen LogP contribution in [0.25, 0.3) is 11.0 Å². The molecule has 2 fully saturated rings. The zero-order valence-corrected chi connectivity index (χ0v) is 16.9. The molecule has 30 heavy (non-hydrogen) atoms. The molecule has 1 aliphatic heterocycles. The maximum atomic E-state index is 15.0. The van der Waals surface area contributed by atoms with E-state index in [-0.39, 0.29) is 35.3 Å². The van der Waals surface area contributed by atoms with Gasteiger partial charge in [-0.1, -0.05) is 13.8 Å². The average molecular weight is 418 g/mol. The van der Waals surface area contributed by atoms with E-state index in [0.717, 1.165) is 18.9 Å². The summed E-state index contributed by atoms with van der Waals surface area (Å²) in [6.45, 7) is 4.29. The lowest BCUT2D eigenvalue weighted by Gasteiger charge is -2.41. The molecule has 0 bridgehead atoms. The van der Waals surface area contributed by atoms with E-state index < -0.39 is 28.2 Å². The molecule has 4 rings (SSSR count). The van der Waals surface area contributed by atoms with Crippen molar-refractivity contribution in [2.24, 2.45) is 11.1 Å². The smallest absolute Gasteiger partial charge is 0.341 e. The van der Waals surface area contributed by atoms with E-state index in [1.807, 2.05) is 13.8 Å². The molecule has 3 N–H and O–H groups in total. The normalized spacial score (nSPS) is 20.5. The number of carboxylic acid groups (broad SMARTS) is 1. The molecule has 9 heteroatoms. The Hall–Kier alpha value is -2.81. The topological polar surface area (TPSA) is 101 Å². The average Bonchev–Trinajstić information content (AvgIpc) is 3.51. The number of piperidine rings is 1.